The molecule has 6 heteroatoms. The number of carbonyl (C=O) groups is 3. The highest BCUT2D eigenvalue weighted by Crippen LogP contribution is 2.05. The molecular formula is C17H15NO5. The smallest absolute Gasteiger partial charge is 0.366 e. The van der Waals surface area contributed by atoms with E-state index in [-0.39, 0.29) is 0 Å². The molecule has 0 aliphatic carbocycles. The minimum Gasteiger partial charge on any atom is -0.366 e. The lowest BCUT2D eigenvalue weighted by Crippen LogP contribution is -2.11. The van der Waals surface area contributed by atoms with Gasteiger partial charge in [0.25, 0.3) is 0 Å². The SMILES string of the molecule is C=CC(N)=O.O=C(OOC(=O)c1ccccc1)c1ccccc1. The highest BCUT2D eigenvalue weighted by molar-refractivity contribution is 5.92. The number of hydrogen-bond donors (Lipinski definition) is 1. The van der Waals surface area contributed by atoms with Crippen LogP contribution in [0.2, 0.25) is 0 Å². The van der Waals surface area contributed by atoms with Crippen molar-refractivity contribution < 1.29 is 24.2 Å². The van der Waals surface area contributed by atoms with Crippen molar-refractivity contribution in [3.63, 3.8) is 0 Å². The zero-order valence-corrected chi connectivity index (χ0v) is 12.2. The van der Waals surface area contributed by atoms with E-state index in [9.17, 15) is 14.4 Å². The molecule has 0 bridgehead atoms. The minimum absolute atomic E-state index is 0.318. The summed E-state index contributed by atoms with van der Waals surface area (Å²) in [5, 5.41) is 0. The van der Waals surface area contributed by atoms with E-state index in [0.717, 1.165) is 6.08 Å². The van der Waals surface area contributed by atoms with Crippen LogP contribution < -0.4 is 5.73 Å². The van der Waals surface area contributed by atoms with Crippen molar-refractivity contribution in [3.8, 4) is 0 Å². The molecule has 118 valence electrons. The number of amides is 1. The Morgan fingerprint density at radius 3 is 1.35 bits per heavy atom. The van der Waals surface area contributed by atoms with Crippen LogP contribution in [-0.4, -0.2) is 17.8 Å². The van der Waals surface area contributed by atoms with Crippen LogP contribution in [0.3, 0.4) is 0 Å². The van der Waals surface area contributed by atoms with Gasteiger partial charge < -0.3 is 5.73 Å². The van der Waals surface area contributed by atoms with Crippen LogP contribution in [0.5, 0.6) is 0 Å². The summed E-state index contributed by atoms with van der Waals surface area (Å²) in [6.45, 7) is 3.09. The van der Waals surface area contributed by atoms with Gasteiger partial charge in [0.2, 0.25) is 5.91 Å². The number of hydrogen-bond acceptors (Lipinski definition) is 5. The van der Waals surface area contributed by atoms with Gasteiger partial charge in [-0.1, -0.05) is 43.0 Å². The summed E-state index contributed by atoms with van der Waals surface area (Å²) in [6.07, 6.45) is 1.06. The predicted octanol–water partition coefficient (Wildman–Crippen LogP) is 2.27. The number of carbonyl (C=O) groups excluding carboxylic acids is 3. The summed E-state index contributed by atoms with van der Waals surface area (Å²) in [5.74, 6) is -1.90. The molecule has 0 radical (unpaired) electrons. The van der Waals surface area contributed by atoms with Crippen molar-refractivity contribution >= 4 is 17.8 Å². The van der Waals surface area contributed by atoms with E-state index in [1.165, 1.54) is 0 Å². The van der Waals surface area contributed by atoms with E-state index in [1.807, 2.05) is 0 Å². The number of benzene rings is 2. The maximum atomic E-state index is 11.5. The molecule has 0 spiro atoms. The molecule has 0 unspecified atom stereocenters. The van der Waals surface area contributed by atoms with Gasteiger partial charge in [0.05, 0.1) is 11.1 Å². The molecule has 0 fully saturated rings. The van der Waals surface area contributed by atoms with Crippen molar-refractivity contribution in [3.05, 3.63) is 84.4 Å². The zero-order chi connectivity index (χ0) is 17.1. The topological polar surface area (TPSA) is 95.7 Å². The lowest BCUT2D eigenvalue weighted by Gasteiger charge is -2.02. The molecular weight excluding hydrogens is 298 g/mol. The summed E-state index contributed by atoms with van der Waals surface area (Å²) < 4.78 is 0. The third-order valence-corrected chi connectivity index (χ3v) is 2.41. The summed E-state index contributed by atoms with van der Waals surface area (Å²) >= 11 is 0. The largest absolute Gasteiger partial charge is 0.386 e. The maximum absolute atomic E-state index is 11.5. The highest BCUT2D eigenvalue weighted by atomic mass is 17.2. The molecule has 2 N–H and O–H groups in total. The fourth-order valence-electron chi connectivity index (χ4n) is 1.32. The van der Waals surface area contributed by atoms with Crippen molar-refractivity contribution in [2.24, 2.45) is 5.73 Å². The Bertz CT molecular complexity index is 616. The summed E-state index contributed by atoms with van der Waals surface area (Å²) in [6, 6.07) is 16.6. The molecule has 0 aromatic heterocycles. The van der Waals surface area contributed by atoms with Gasteiger partial charge in [-0.25, -0.2) is 19.4 Å². The monoisotopic (exact) mass is 313 g/mol. The molecule has 0 saturated heterocycles. The van der Waals surface area contributed by atoms with E-state index in [1.54, 1.807) is 60.7 Å². The van der Waals surface area contributed by atoms with Crippen LogP contribution >= 0.6 is 0 Å². The average Bonchev–Trinajstić information content (AvgIpc) is 2.61. The van der Waals surface area contributed by atoms with Crippen LogP contribution in [0.4, 0.5) is 0 Å². The third-order valence-electron chi connectivity index (χ3n) is 2.41. The number of rotatable bonds is 3. The molecule has 0 heterocycles. The molecule has 0 atom stereocenters. The van der Waals surface area contributed by atoms with E-state index in [2.05, 4.69) is 22.1 Å². The molecule has 2 rings (SSSR count). The van der Waals surface area contributed by atoms with Crippen LogP contribution in [0, 0.1) is 0 Å². The number of nitrogens with two attached hydrogens (primary N) is 1. The Morgan fingerprint density at radius 1 is 0.783 bits per heavy atom. The van der Waals surface area contributed by atoms with E-state index >= 15 is 0 Å². The van der Waals surface area contributed by atoms with E-state index in [0.29, 0.717) is 11.1 Å². The third kappa shape index (κ3) is 6.72. The summed E-state index contributed by atoms with van der Waals surface area (Å²) in [4.78, 5) is 41.3. The number of primary amides is 1. The quantitative estimate of drug-likeness (QED) is 0.533. The fraction of sp³-hybridized carbons (Fsp3) is 0. The van der Waals surface area contributed by atoms with Crippen molar-refractivity contribution in [2.75, 3.05) is 0 Å². The zero-order valence-electron chi connectivity index (χ0n) is 12.2. The first-order chi connectivity index (χ1) is 11.0. The molecule has 0 saturated carbocycles. The lowest BCUT2D eigenvalue weighted by atomic mass is 10.2. The predicted molar refractivity (Wildman–Crippen MR) is 83.1 cm³/mol. The summed E-state index contributed by atoms with van der Waals surface area (Å²) in [7, 11) is 0. The van der Waals surface area contributed by atoms with Gasteiger partial charge in [0.15, 0.2) is 0 Å². The maximum Gasteiger partial charge on any atom is 0.386 e. The standard InChI is InChI=1S/C14H10O4.C3H5NO/c15-13(11-7-3-1-4-8-11)17-18-14(16)12-9-5-2-6-10-12;1-2-3(4)5/h1-10H;2H,1H2,(H2,4,5). The van der Waals surface area contributed by atoms with Gasteiger partial charge in [-0.15, -0.1) is 0 Å². The second kappa shape index (κ2) is 9.51. The molecule has 6 nitrogen and oxygen atoms in total. The van der Waals surface area contributed by atoms with Crippen LogP contribution in [0.1, 0.15) is 20.7 Å². The second-order valence-electron chi connectivity index (χ2n) is 4.08. The summed E-state index contributed by atoms with van der Waals surface area (Å²) in [5.41, 5.74) is 5.17. The van der Waals surface area contributed by atoms with Crippen LogP contribution in [0.15, 0.2) is 73.3 Å². The Morgan fingerprint density at radius 2 is 1.09 bits per heavy atom. The van der Waals surface area contributed by atoms with E-state index < -0.39 is 17.8 Å². The first-order valence-electron chi connectivity index (χ1n) is 6.49. The molecule has 1 amide bonds. The normalized spacial score (nSPS) is 8.87. The Kier molecular flexibility index (Phi) is 7.30. The second-order valence-corrected chi connectivity index (χ2v) is 4.08. The van der Waals surface area contributed by atoms with Gasteiger partial charge in [0.1, 0.15) is 0 Å². The molecule has 2 aromatic carbocycles. The molecule has 2 aromatic rings. The Hall–Kier alpha value is -3.41. The molecule has 0 aliphatic heterocycles. The van der Waals surface area contributed by atoms with Crippen molar-refractivity contribution in [1.29, 1.82) is 0 Å². The van der Waals surface area contributed by atoms with Gasteiger partial charge in [-0.05, 0) is 30.3 Å². The average molecular weight is 313 g/mol. The van der Waals surface area contributed by atoms with Crippen LogP contribution in [0.25, 0.3) is 0 Å². The lowest BCUT2D eigenvalue weighted by molar-refractivity contribution is -0.187. The Balaban J connectivity index is 0.000000463. The fourth-order valence-corrected chi connectivity index (χ4v) is 1.32. The molecule has 23 heavy (non-hydrogen) atoms. The molecule has 0 aliphatic rings. The Labute approximate surface area is 133 Å². The van der Waals surface area contributed by atoms with Crippen molar-refractivity contribution in [1.82, 2.24) is 0 Å². The first-order valence-corrected chi connectivity index (χ1v) is 6.49. The first kappa shape index (κ1) is 17.6. The van der Waals surface area contributed by atoms with Crippen LogP contribution in [-0.2, 0) is 14.6 Å². The minimum atomic E-state index is -0.708. The highest BCUT2D eigenvalue weighted by Gasteiger charge is 2.12. The van der Waals surface area contributed by atoms with Gasteiger partial charge in [-0.2, -0.15) is 0 Å². The van der Waals surface area contributed by atoms with E-state index in [4.69, 9.17) is 0 Å². The van der Waals surface area contributed by atoms with Gasteiger partial charge >= 0.3 is 11.9 Å². The van der Waals surface area contributed by atoms with Gasteiger partial charge in [-0.3, -0.25) is 4.79 Å². The van der Waals surface area contributed by atoms with Gasteiger partial charge in [0, 0.05) is 0 Å². The van der Waals surface area contributed by atoms with Crippen molar-refractivity contribution in [2.45, 2.75) is 0 Å².